The third-order valence-corrected chi connectivity index (χ3v) is 3.35. The Bertz CT molecular complexity index is 754. The van der Waals surface area contributed by atoms with E-state index in [1.165, 1.54) is 6.33 Å². The minimum Gasteiger partial charge on any atom is -0.481 e. The lowest BCUT2D eigenvalue weighted by molar-refractivity contribution is 0.397. The smallest absolute Gasteiger partial charge is 0.218 e. The van der Waals surface area contributed by atoms with E-state index in [1.807, 2.05) is 29.9 Å². The Morgan fingerprint density at radius 3 is 2.73 bits per heavy atom. The van der Waals surface area contributed by atoms with Gasteiger partial charge in [-0.1, -0.05) is 30.3 Å². The monoisotopic (exact) mass is 295 g/mol. The predicted molar refractivity (Wildman–Crippen MR) is 84.6 cm³/mol. The fourth-order valence-corrected chi connectivity index (χ4v) is 2.15. The van der Waals surface area contributed by atoms with Gasteiger partial charge in [-0.05, 0) is 6.07 Å². The molecule has 3 rings (SSSR count). The summed E-state index contributed by atoms with van der Waals surface area (Å²) in [5.74, 6) is 1.25. The number of anilines is 1. The number of hydrogen-bond donors (Lipinski definition) is 1. The van der Waals surface area contributed by atoms with Gasteiger partial charge in [0, 0.05) is 18.7 Å². The summed E-state index contributed by atoms with van der Waals surface area (Å²) in [7, 11) is 3.52. The molecule has 0 aliphatic rings. The molecule has 0 atom stereocenters. The van der Waals surface area contributed by atoms with Crippen LogP contribution >= 0.6 is 0 Å². The topological polar surface area (TPSA) is 64.9 Å². The molecule has 6 heteroatoms. The molecule has 22 heavy (non-hydrogen) atoms. The number of nitrogens with zero attached hydrogens (tertiary/aromatic N) is 4. The van der Waals surface area contributed by atoms with E-state index in [1.54, 1.807) is 13.2 Å². The molecule has 0 aliphatic carbocycles. The van der Waals surface area contributed by atoms with Crippen LogP contribution in [0.1, 0.15) is 5.69 Å². The fraction of sp³-hybridized carbons (Fsp3) is 0.188. The van der Waals surface area contributed by atoms with Gasteiger partial charge in [0.15, 0.2) is 0 Å². The summed E-state index contributed by atoms with van der Waals surface area (Å²) in [5.41, 5.74) is 3.13. The summed E-state index contributed by atoms with van der Waals surface area (Å²) in [6, 6.07) is 13.9. The van der Waals surface area contributed by atoms with Crippen molar-refractivity contribution in [3.63, 3.8) is 0 Å². The molecular formula is C16H17N5O. The van der Waals surface area contributed by atoms with Gasteiger partial charge >= 0.3 is 0 Å². The average Bonchev–Trinajstić information content (AvgIpc) is 2.95. The van der Waals surface area contributed by atoms with Crippen molar-refractivity contribution in [2.45, 2.75) is 6.54 Å². The lowest BCUT2D eigenvalue weighted by Gasteiger charge is -2.06. The van der Waals surface area contributed by atoms with Gasteiger partial charge < -0.3 is 10.1 Å². The highest BCUT2D eigenvalue weighted by atomic mass is 16.5. The highest BCUT2D eigenvalue weighted by molar-refractivity contribution is 5.59. The zero-order valence-corrected chi connectivity index (χ0v) is 12.5. The van der Waals surface area contributed by atoms with E-state index in [9.17, 15) is 0 Å². The van der Waals surface area contributed by atoms with E-state index in [0.717, 1.165) is 17.0 Å². The van der Waals surface area contributed by atoms with E-state index in [2.05, 4.69) is 38.6 Å². The first-order chi connectivity index (χ1) is 10.8. The van der Waals surface area contributed by atoms with Crippen LogP contribution in [0.15, 0.2) is 48.8 Å². The van der Waals surface area contributed by atoms with E-state index in [-0.39, 0.29) is 0 Å². The maximum absolute atomic E-state index is 5.08. The zero-order valence-electron chi connectivity index (χ0n) is 12.5. The van der Waals surface area contributed by atoms with Crippen LogP contribution in [-0.4, -0.2) is 26.9 Å². The quantitative estimate of drug-likeness (QED) is 0.783. The summed E-state index contributed by atoms with van der Waals surface area (Å²) in [6.07, 6.45) is 1.47. The van der Waals surface area contributed by atoms with Crippen molar-refractivity contribution in [1.29, 1.82) is 0 Å². The fourth-order valence-electron chi connectivity index (χ4n) is 2.15. The SMILES string of the molecule is COc1cc(NCc2cc(-c3ccccc3)nn2C)ncn1. The number of rotatable bonds is 5. The summed E-state index contributed by atoms with van der Waals surface area (Å²) in [6.45, 7) is 0.622. The van der Waals surface area contributed by atoms with Crippen molar-refractivity contribution in [3.8, 4) is 17.1 Å². The van der Waals surface area contributed by atoms with Gasteiger partial charge in [-0.3, -0.25) is 4.68 Å². The Labute approximate surface area is 128 Å². The predicted octanol–water partition coefficient (Wildman–Crippen LogP) is 2.50. The summed E-state index contributed by atoms with van der Waals surface area (Å²) >= 11 is 0. The van der Waals surface area contributed by atoms with Crippen LogP contribution in [0.25, 0.3) is 11.3 Å². The minimum absolute atomic E-state index is 0.535. The van der Waals surface area contributed by atoms with Crippen molar-refractivity contribution in [2.75, 3.05) is 12.4 Å². The molecule has 6 nitrogen and oxygen atoms in total. The molecular weight excluding hydrogens is 278 g/mol. The van der Waals surface area contributed by atoms with Gasteiger partial charge in [-0.15, -0.1) is 0 Å². The van der Waals surface area contributed by atoms with Crippen molar-refractivity contribution in [3.05, 3.63) is 54.5 Å². The number of methoxy groups -OCH3 is 1. The highest BCUT2D eigenvalue weighted by Gasteiger charge is 2.07. The molecule has 2 aromatic heterocycles. The van der Waals surface area contributed by atoms with Crippen LogP contribution < -0.4 is 10.1 Å². The lowest BCUT2D eigenvalue weighted by Crippen LogP contribution is -2.06. The molecule has 1 aromatic carbocycles. The second kappa shape index (κ2) is 6.26. The molecule has 112 valence electrons. The second-order valence-corrected chi connectivity index (χ2v) is 4.81. The van der Waals surface area contributed by atoms with Gasteiger partial charge in [-0.25, -0.2) is 9.97 Å². The first-order valence-corrected chi connectivity index (χ1v) is 6.94. The van der Waals surface area contributed by atoms with Crippen molar-refractivity contribution in [1.82, 2.24) is 19.7 Å². The van der Waals surface area contributed by atoms with Crippen molar-refractivity contribution in [2.24, 2.45) is 7.05 Å². The van der Waals surface area contributed by atoms with Gasteiger partial charge in [0.25, 0.3) is 0 Å². The molecule has 2 heterocycles. The standard InChI is InChI=1S/C16H17N5O/c1-21-13(8-14(20-21)12-6-4-3-5-7-12)10-17-15-9-16(22-2)19-11-18-15/h3-9,11H,10H2,1-2H3,(H,17,18,19). The van der Waals surface area contributed by atoms with Crippen LogP contribution in [0.3, 0.4) is 0 Å². The maximum Gasteiger partial charge on any atom is 0.218 e. The van der Waals surface area contributed by atoms with E-state index >= 15 is 0 Å². The Morgan fingerprint density at radius 2 is 1.95 bits per heavy atom. The van der Waals surface area contributed by atoms with Gasteiger partial charge in [-0.2, -0.15) is 5.10 Å². The normalized spacial score (nSPS) is 10.5. The van der Waals surface area contributed by atoms with Crippen molar-refractivity contribution < 1.29 is 4.74 Å². The van der Waals surface area contributed by atoms with Crippen LogP contribution in [0.2, 0.25) is 0 Å². The Hall–Kier alpha value is -2.89. The Morgan fingerprint density at radius 1 is 1.14 bits per heavy atom. The lowest BCUT2D eigenvalue weighted by atomic mass is 10.1. The summed E-state index contributed by atoms with van der Waals surface area (Å²) in [5, 5.41) is 7.80. The first kappa shape index (κ1) is 14.1. The number of aromatic nitrogens is 4. The largest absolute Gasteiger partial charge is 0.481 e. The van der Waals surface area contributed by atoms with Gasteiger partial charge in [0.2, 0.25) is 5.88 Å². The van der Waals surface area contributed by atoms with E-state index in [4.69, 9.17) is 4.74 Å². The third kappa shape index (κ3) is 3.06. The van der Waals surface area contributed by atoms with E-state index < -0.39 is 0 Å². The maximum atomic E-state index is 5.08. The molecule has 0 saturated carbocycles. The van der Waals surface area contributed by atoms with Crippen LogP contribution in [0.5, 0.6) is 5.88 Å². The van der Waals surface area contributed by atoms with Crippen LogP contribution in [0, 0.1) is 0 Å². The molecule has 0 amide bonds. The minimum atomic E-state index is 0.535. The number of ether oxygens (including phenoxy) is 1. The number of hydrogen-bond acceptors (Lipinski definition) is 5. The highest BCUT2D eigenvalue weighted by Crippen LogP contribution is 2.19. The molecule has 0 unspecified atom stereocenters. The molecule has 0 bridgehead atoms. The van der Waals surface area contributed by atoms with Gasteiger partial charge in [0.1, 0.15) is 12.1 Å². The third-order valence-electron chi connectivity index (χ3n) is 3.35. The number of aryl methyl sites for hydroxylation is 1. The molecule has 0 radical (unpaired) electrons. The first-order valence-electron chi connectivity index (χ1n) is 6.94. The van der Waals surface area contributed by atoms with Gasteiger partial charge in [0.05, 0.1) is 25.0 Å². The Balaban J connectivity index is 1.74. The zero-order chi connectivity index (χ0) is 15.4. The molecule has 1 N–H and O–H groups in total. The van der Waals surface area contributed by atoms with E-state index in [0.29, 0.717) is 18.2 Å². The number of nitrogens with one attached hydrogen (secondary N) is 1. The Kier molecular flexibility index (Phi) is 4.00. The van der Waals surface area contributed by atoms with Crippen LogP contribution in [0.4, 0.5) is 5.82 Å². The average molecular weight is 295 g/mol. The molecule has 3 aromatic rings. The van der Waals surface area contributed by atoms with Crippen LogP contribution in [-0.2, 0) is 13.6 Å². The molecule has 0 fully saturated rings. The summed E-state index contributed by atoms with van der Waals surface area (Å²) in [4.78, 5) is 8.15. The summed E-state index contributed by atoms with van der Waals surface area (Å²) < 4.78 is 6.95. The van der Waals surface area contributed by atoms with Crippen molar-refractivity contribution >= 4 is 5.82 Å². The molecule has 0 aliphatic heterocycles. The molecule has 0 spiro atoms. The number of benzene rings is 1. The molecule has 0 saturated heterocycles. The second-order valence-electron chi connectivity index (χ2n) is 4.81.